The van der Waals surface area contributed by atoms with Gasteiger partial charge in [-0.1, -0.05) is 29.0 Å². The van der Waals surface area contributed by atoms with E-state index in [0.29, 0.717) is 0 Å². The zero-order valence-electron chi connectivity index (χ0n) is 12.6. The fourth-order valence-electron chi connectivity index (χ4n) is 1.35. The molecule has 2 atom stereocenters. The van der Waals surface area contributed by atoms with Gasteiger partial charge in [-0.25, -0.2) is 0 Å². The summed E-state index contributed by atoms with van der Waals surface area (Å²) < 4.78 is 4.97. The van der Waals surface area contributed by atoms with Crippen LogP contribution in [0.15, 0.2) is 0 Å². The molecule has 1 unspecified atom stereocenters. The topological polar surface area (TPSA) is 42.3 Å². The first-order valence-corrected chi connectivity index (χ1v) is 7.67. The van der Waals surface area contributed by atoms with Crippen molar-refractivity contribution in [2.24, 2.45) is 5.92 Å². The Labute approximate surface area is 148 Å². The van der Waals surface area contributed by atoms with E-state index in [-0.39, 0.29) is 29.1 Å². The average Bonchev–Trinajstić information content (AvgIpc) is 2.63. The summed E-state index contributed by atoms with van der Waals surface area (Å²) in [4.78, 5) is 0. The van der Waals surface area contributed by atoms with Crippen molar-refractivity contribution < 1.29 is 21.7 Å². The molecular formula is C12H28IN3STi. The van der Waals surface area contributed by atoms with E-state index in [1.807, 2.05) is 7.05 Å². The third kappa shape index (κ3) is 20.0. The molecule has 0 radical (unpaired) electrons. The monoisotopic (exact) mass is 421 g/mol. The van der Waals surface area contributed by atoms with Crippen LogP contribution >= 0.6 is 34.5 Å². The summed E-state index contributed by atoms with van der Waals surface area (Å²) in [6.07, 6.45) is 4.29. The molecule has 0 heterocycles. The van der Waals surface area contributed by atoms with E-state index in [9.17, 15) is 0 Å². The number of rotatable bonds is 3. The minimum absolute atomic E-state index is 0. The van der Waals surface area contributed by atoms with Gasteiger partial charge in [-0.2, -0.15) is 35.2 Å². The molecule has 1 fully saturated rings. The molecule has 1 rings (SSSR count). The number of nitrogens with zero attached hydrogens (tertiary/aromatic N) is 3. The van der Waals surface area contributed by atoms with Gasteiger partial charge in [0.25, 0.3) is 0 Å². The second-order valence-electron chi connectivity index (χ2n) is 3.58. The standard InChI is InChI=1S/C7H13INS.2C2H6N.CH3.Ti/c1-9-10-5-6-3-2-4-7(6)8;2*1-3-2;;/h6-7H,2-5H2,1H3;2*1-2H3;1H3;/q4*-1;+4/t6-,7?;;;;/m0..../s1. The van der Waals surface area contributed by atoms with E-state index in [2.05, 4.69) is 37.9 Å². The summed E-state index contributed by atoms with van der Waals surface area (Å²) in [5.41, 5.74) is 0. The molecule has 0 aliphatic heterocycles. The van der Waals surface area contributed by atoms with Crippen molar-refractivity contribution in [1.29, 1.82) is 0 Å². The first-order chi connectivity index (χ1) is 7.67. The predicted octanol–water partition coefficient (Wildman–Crippen LogP) is 4.93. The van der Waals surface area contributed by atoms with Gasteiger partial charge in [0.05, 0.1) is 0 Å². The van der Waals surface area contributed by atoms with Gasteiger partial charge >= 0.3 is 21.7 Å². The summed E-state index contributed by atoms with van der Waals surface area (Å²) in [6.45, 7) is 0. The second kappa shape index (κ2) is 23.7. The quantitative estimate of drug-likeness (QED) is 0.210. The van der Waals surface area contributed by atoms with E-state index >= 15 is 0 Å². The molecule has 1 aliphatic carbocycles. The smallest absolute Gasteiger partial charge is 0.668 e. The van der Waals surface area contributed by atoms with Crippen molar-refractivity contribution in [3.05, 3.63) is 22.8 Å². The fraction of sp³-hybridized carbons (Fsp3) is 0.917. The predicted molar refractivity (Wildman–Crippen MR) is 93.7 cm³/mol. The van der Waals surface area contributed by atoms with Crippen LogP contribution in [-0.2, 0) is 21.7 Å². The maximum absolute atomic E-state index is 4.05. The molecule has 3 nitrogen and oxygen atoms in total. The number of alkyl halides is 1. The summed E-state index contributed by atoms with van der Waals surface area (Å²) in [5.74, 6) is 2.18. The Morgan fingerprint density at radius 1 is 1.06 bits per heavy atom. The van der Waals surface area contributed by atoms with Crippen LogP contribution < -0.4 is 0 Å². The van der Waals surface area contributed by atoms with Gasteiger partial charge < -0.3 is 22.8 Å². The van der Waals surface area contributed by atoms with Gasteiger partial charge in [-0.05, 0) is 24.5 Å². The zero-order valence-corrected chi connectivity index (χ0v) is 17.1. The number of hydrogen-bond donors (Lipinski definition) is 0. The molecule has 0 saturated heterocycles. The molecule has 0 N–H and O–H groups in total. The van der Waals surface area contributed by atoms with Crippen LogP contribution in [0.4, 0.5) is 0 Å². The summed E-state index contributed by atoms with van der Waals surface area (Å²) in [5, 5.41) is 7.00. The Bertz CT molecular complexity index is 132. The van der Waals surface area contributed by atoms with Crippen molar-refractivity contribution in [2.75, 3.05) is 41.0 Å². The van der Waals surface area contributed by atoms with Gasteiger partial charge in [0, 0.05) is 3.92 Å². The molecule has 0 bridgehead atoms. The Hall–Kier alpha value is 1.67. The van der Waals surface area contributed by atoms with E-state index in [1.165, 1.54) is 25.0 Å². The number of halogens is 1. The largest absolute Gasteiger partial charge is 4.00 e. The Morgan fingerprint density at radius 3 is 1.78 bits per heavy atom. The average molecular weight is 421 g/mol. The molecule has 0 spiro atoms. The van der Waals surface area contributed by atoms with Gasteiger partial charge in [0.2, 0.25) is 0 Å². The Morgan fingerprint density at radius 2 is 1.50 bits per heavy atom. The van der Waals surface area contributed by atoms with Gasteiger partial charge in [-0.15, -0.1) is 0 Å². The van der Waals surface area contributed by atoms with Crippen molar-refractivity contribution in [3.63, 3.8) is 0 Å². The molecule has 6 heteroatoms. The number of hydrogen-bond acceptors (Lipinski definition) is 1. The third-order valence-electron chi connectivity index (χ3n) is 1.98. The normalized spacial score (nSPS) is 20.3. The van der Waals surface area contributed by atoms with Crippen LogP contribution in [0.5, 0.6) is 0 Å². The molecule has 0 aromatic heterocycles. The fourth-order valence-corrected chi connectivity index (χ4v) is 3.49. The van der Waals surface area contributed by atoms with Gasteiger partial charge in [0.1, 0.15) is 0 Å². The van der Waals surface area contributed by atoms with E-state index < -0.39 is 0 Å². The van der Waals surface area contributed by atoms with Crippen LogP contribution in [0.1, 0.15) is 19.3 Å². The molecular weight excluding hydrogens is 393 g/mol. The second-order valence-corrected chi connectivity index (χ2v) is 6.14. The Balaban J connectivity index is -0.000000106. The van der Waals surface area contributed by atoms with Crippen molar-refractivity contribution >= 4 is 34.5 Å². The minimum Gasteiger partial charge on any atom is -0.668 e. The van der Waals surface area contributed by atoms with Crippen molar-refractivity contribution in [3.8, 4) is 0 Å². The van der Waals surface area contributed by atoms with Gasteiger partial charge in [0.15, 0.2) is 0 Å². The minimum atomic E-state index is 0. The van der Waals surface area contributed by atoms with E-state index in [4.69, 9.17) is 0 Å². The SMILES string of the molecule is C[N-]C.C[N-]C.C[N-]SC[C@@H]1CCCC1I.[CH3-].[Ti+4]. The van der Waals surface area contributed by atoms with Gasteiger partial charge in [-0.3, -0.25) is 11.9 Å². The van der Waals surface area contributed by atoms with Crippen LogP contribution in [0, 0.1) is 13.3 Å². The van der Waals surface area contributed by atoms with Crippen LogP contribution in [-0.4, -0.2) is 44.9 Å². The third-order valence-corrected chi connectivity index (χ3v) is 4.46. The molecule has 1 aliphatic rings. The van der Waals surface area contributed by atoms with E-state index in [1.54, 1.807) is 40.1 Å². The van der Waals surface area contributed by atoms with Crippen LogP contribution in [0.2, 0.25) is 0 Å². The Kier molecular flexibility index (Phi) is 36.8. The molecule has 1 saturated carbocycles. The van der Waals surface area contributed by atoms with Crippen molar-refractivity contribution in [2.45, 2.75) is 23.2 Å². The first-order valence-electron chi connectivity index (χ1n) is 5.48. The zero-order chi connectivity index (χ0) is 12.8. The molecule has 0 aromatic rings. The molecule has 0 amide bonds. The molecule has 18 heavy (non-hydrogen) atoms. The van der Waals surface area contributed by atoms with E-state index in [0.717, 1.165) is 9.84 Å². The maximum atomic E-state index is 4.05. The summed E-state index contributed by atoms with van der Waals surface area (Å²) in [7, 11) is 8.88. The summed E-state index contributed by atoms with van der Waals surface area (Å²) in [6, 6.07) is 0. The first kappa shape index (κ1) is 27.9. The van der Waals surface area contributed by atoms with Crippen LogP contribution in [0.3, 0.4) is 0 Å². The summed E-state index contributed by atoms with van der Waals surface area (Å²) >= 11 is 4.31. The van der Waals surface area contributed by atoms with Crippen molar-refractivity contribution in [1.82, 2.24) is 0 Å². The van der Waals surface area contributed by atoms with Crippen LogP contribution in [0.25, 0.3) is 15.4 Å². The molecule has 0 aromatic carbocycles. The molecule has 108 valence electrons. The maximum Gasteiger partial charge on any atom is 4.00 e.